The maximum atomic E-state index is 12.6. The van der Waals surface area contributed by atoms with E-state index in [9.17, 15) is 9.90 Å². The van der Waals surface area contributed by atoms with Crippen molar-refractivity contribution in [2.24, 2.45) is 5.92 Å². The molecule has 3 nitrogen and oxygen atoms in total. The molecule has 0 unspecified atom stereocenters. The number of halogens is 1. The molecular formula is C30H32BrNO2. The van der Waals surface area contributed by atoms with E-state index in [-0.39, 0.29) is 5.41 Å². The number of carboxylic acids is 1. The van der Waals surface area contributed by atoms with Gasteiger partial charge in [-0.1, -0.05) is 76.6 Å². The molecule has 5 rings (SSSR count). The van der Waals surface area contributed by atoms with Crippen LogP contribution in [0.25, 0.3) is 0 Å². The van der Waals surface area contributed by atoms with E-state index in [1.807, 2.05) is 24.3 Å². The van der Waals surface area contributed by atoms with Crippen LogP contribution >= 0.6 is 15.9 Å². The van der Waals surface area contributed by atoms with Crippen LogP contribution in [0.4, 0.5) is 5.69 Å². The number of fused-ring (bicyclic) bond motifs is 2. The minimum Gasteiger partial charge on any atom is -0.480 e. The molecule has 1 saturated carbocycles. The first-order chi connectivity index (χ1) is 16.5. The van der Waals surface area contributed by atoms with Gasteiger partial charge in [0.1, 0.15) is 5.54 Å². The lowest BCUT2D eigenvalue weighted by molar-refractivity contribution is -0.144. The fraction of sp³-hybridized carbons (Fsp3) is 0.367. The summed E-state index contributed by atoms with van der Waals surface area (Å²) in [5.74, 6) is -0.166. The van der Waals surface area contributed by atoms with Gasteiger partial charge < -0.3 is 10.4 Å². The second-order valence-corrected chi connectivity index (χ2v) is 11.0. The second-order valence-electron chi connectivity index (χ2n) is 10.1. The van der Waals surface area contributed by atoms with E-state index in [2.05, 4.69) is 75.8 Å². The molecule has 0 radical (unpaired) electrons. The van der Waals surface area contributed by atoms with E-state index >= 15 is 0 Å². The van der Waals surface area contributed by atoms with Crippen LogP contribution in [0.2, 0.25) is 0 Å². The number of carboxylic acid groups (broad SMARTS) is 1. The first-order valence-electron chi connectivity index (χ1n) is 12.4. The fourth-order valence-electron chi connectivity index (χ4n) is 6.48. The minimum atomic E-state index is -0.918. The molecule has 0 saturated heterocycles. The molecule has 176 valence electrons. The van der Waals surface area contributed by atoms with Crippen molar-refractivity contribution in [2.45, 2.75) is 62.3 Å². The summed E-state index contributed by atoms with van der Waals surface area (Å²) in [7, 11) is 0. The van der Waals surface area contributed by atoms with Gasteiger partial charge in [0, 0.05) is 10.2 Å². The number of rotatable bonds is 7. The first-order valence-corrected chi connectivity index (χ1v) is 13.2. The molecule has 3 aromatic rings. The van der Waals surface area contributed by atoms with E-state index in [4.69, 9.17) is 0 Å². The summed E-state index contributed by atoms with van der Waals surface area (Å²) in [6, 6.07) is 27.5. The molecule has 3 aromatic carbocycles. The van der Waals surface area contributed by atoms with E-state index in [1.54, 1.807) is 0 Å². The third-order valence-corrected chi connectivity index (χ3v) is 8.77. The number of aliphatic carboxylic acids is 1. The molecule has 1 spiro atoms. The summed E-state index contributed by atoms with van der Waals surface area (Å²) in [5, 5.41) is 13.7. The fourth-order valence-corrected chi connectivity index (χ4v) is 6.87. The Morgan fingerprint density at radius 3 is 2.41 bits per heavy atom. The number of hydrogen-bond donors (Lipinski definition) is 2. The molecule has 34 heavy (non-hydrogen) atoms. The van der Waals surface area contributed by atoms with Gasteiger partial charge in [-0.05, 0) is 97.6 Å². The molecular weight excluding hydrogens is 486 g/mol. The summed E-state index contributed by atoms with van der Waals surface area (Å²) >= 11 is 3.51. The Bertz CT molecular complexity index is 1150. The lowest BCUT2D eigenvalue weighted by Crippen LogP contribution is -2.53. The number of hydrogen-bond acceptors (Lipinski definition) is 2. The predicted molar refractivity (Wildman–Crippen MR) is 141 cm³/mol. The van der Waals surface area contributed by atoms with Gasteiger partial charge in [-0.15, -0.1) is 0 Å². The number of benzene rings is 3. The van der Waals surface area contributed by atoms with Crippen LogP contribution in [-0.4, -0.2) is 16.6 Å². The van der Waals surface area contributed by atoms with E-state index in [1.165, 1.54) is 29.5 Å². The van der Waals surface area contributed by atoms with Crippen LogP contribution in [0.5, 0.6) is 0 Å². The van der Waals surface area contributed by atoms with Gasteiger partial charge in [0.15, 0.2) is 0 Å². The van der Waals surface area contributed by atoms with Crippen molar-refractivity contribution in [1.29, 1.82) is 0 Å². The van der Waals surface area contributed by atoms with Crippen molar-refractivity contribution < 1.29 is 9.90 Å². The quantitative estimate of drug-likeness (QED) is 0.343. The largest absolute Gasteiger partial charge is 0.480 e. The molecule has 4 heteroatoms. The molecule has 0 bridgehead atoms. The van der Waals surface area contributed by atoms with Gasteiger partial charge >= 0.3 is 5.97 Å². The normalized spacial score (nSPS) is 25.7. The number of nitrogens with one attached hydrogen (secondary N) is 1. The Labute approximate surface area is 210 Å². The zero-order valence-electron chi connectivity index (χ0n) is 19.5. The maximum Gasteiger partial charge on any atom is 0.329 e. The van der Waals surface area contributed by atoms with Crippen LogP contribution in [-0.2, 0) is 23.1 Å². The van der Waals surface area contributed by atoms with Gasteiger partial charge in [-0.2, -0.15) is 0 Å². The summed E-state index contributed by atoms with van der Waals surface area (Å²) < 4.78 is 0.952. The molecule has 0 aliphatic heterocycles. The van der Waals surface area contributed by atoms with Crippen molar-refractivity contribution in [3.63, 3.8) is 0 Å². The van der Waals surface area contributed by atoms with Crippen molar-refractivity contribution in [1.82, 2.24) is 0 Å². The summed E-state index contributed by atoms with van der Waals surface area (Å²) in [6.07, 6.45) is 7.67. The van der Waals surface area contributed by atoms with Crippen molar-refractivity contribution >= 4 is 27.6 Å². The van der Waals surface area contributed by atoms with E-state index in [0.29, 0.717) is 18.8 Å². The van der Waals surface area contributed by atoms with Gasteiger partial charge in [0.05, 0.1) is 0 Å². The summed E-state index contributed by atoms with van der Waals surface area (Å²) in [6.45, 7) is 0. The monoisotopic (exact) mass is 517 g/mol. The standard InChI is InChI=1S/C30H32BrNO2/c31-25-13-7-14-26(21-25)32-30(28(33)34)18-16-29(17-19-30)24(20-23-11-4-5-15-27(23)29)12-6-10-22-8-2-1-3-9-22/h1-5,7-9,11,13-15,21,24,32H,6,10,12,16-20H2,(H,33,34)/t24-,29?,30?/m1/s1. The van der Waals surface area contributed by atoms with Crippen molar-refractivity contribution in [3.05, 3.63) is 100 Å². The number of carbonyl (C=O) groups is 1. The van der Waals surface area contributed by atoms with Crippen LogP contribution in [0.3, 0.4) is 0 Å². The molecule has 0 heterocycles. The van der Waals surface area contributed by atoms with Crippen molar-refractivity contribution in [3.8, 4) is 0 Å². The lowest BCUT2D eigenvalue weighted by Gasteiger charge is -2.47. The zero-order valence-corrected chi connectivity index (χ0v) is 21.1. The summed E-state index contributed by atoms with van der Waals surface area (Å²) in [4.78, 5) is 12.6. The van der Waals surface area contributed by atoms with Crippen LogP contribution in [0.1, 0.15) is 55.2 Å². The predicted octanol–water partition coefficient (Wildman–Crippen LogP) is 7.39. The third kappa shape index (κ3) is 4.40. The highest BCUT2D eigenvalue weighted by atomic mass is 79.9. The third-order valence-electron chi connectivity index (χ3n) is 8.28. The second kappa shape index (κ2) is 9.58. The Hall–Kier alpha value is -2.59. The van der Waals surface area contributed by atoms with Gasteiger partial charge in [-0.3, -0.25) is 0 Å². The first kappa shape index (κ1) is 23.2. The molecule has 2 N–H and O–H groups in total. The Balaban J connectivity index is 1.36. The highest BCUT2D eigenvalue weighted by Crippen LogP contribution is 2.55. The minimum absolute atomic E-state index is 0.0885. The highest BCUT2D eigenvalue weighted by Gasteiger charge is 2.53. The average Bonchev–Trinajstić information content (AvgIpc) is 3.14. The smallest absolute Gasteiger partial charge is 0.329 e. The Morgan fingerprint density at radius 1 is 0.941 bits per heavy atom. The molecule has 0 amide bonds. The van der Waals surface area contributed by atoms with E-state index in [0.717, 1.165) is 35.8 Å². The van der Waals surface area contributed by atoms with Gasteiger partial charge in [0.2, 0.25) is 0 Å². The summed E-state index contributed by atoms with van der Waals surface area (Å²) in [5.41, 5.74) is 4.37. The van der Waals surface area contributed by atoms with Crippen LogP contribution < -0.4 is 5.32 Å². The Kier molecular flexibility index (Phi) is 6.52. The van der Waals surface area contributed by atoms with Crippen molar-refractivity contribution in [2.75, 3.05) is 5.32 Å². The number of aryl methyl sites for hydroxylation is 1. The van der Waals surface area contributed by atoms with Crippen LogP contribution in [0, 0.1) is 5.92 Å². The molecule has 1 atom stereocenters. The molecule has 2 aliphatic carbocycles. The van der Waals surface area contributed by atoms with Gasteiger partial charge in [-0.25, -0.2) is 4.79 Å². The van der Waals surface area contributed by atoms with Gasteiger partial charge in [0.25, 0.3) is 0 Å². The maximum absolute atomic E-state index is 12.6. The topological polar surface area (TPSA) is 49.3 Å². The molecule has 1 fully saturated rings. The average molecular weight is 518 g/mol. The van der Waals surface area contributed by atoms with Crippen LogP contribution in [0.15, 0.2) is 83.3 Å². The van der Waals surface area contributed by atoms with E-state index < -0.39 is 11.5 Å². The SMILES string of the molecule is O=C(O)C1(Nc2cccc(Br)c2)CCC2(CC1)c1ccccc1C[C@H]2CCCc1ccccc1. The molecule has 0 aromatic heterocycles. The zero-order chi connectivity index (χ0) is 23.6. The highest BCUT2D eigenvalue weighted by molar-refractivity contribution is 9.10. The lowest BCUT2D eigenvalue weighted by atomic mass is 9.60. The Morgan fingerprint density at radius 2 is 1.68 bits per heavy atom. The molecule has 2 aliphatic rings. The number of anilines is 1.